The van der Waals surface area contributed by atoms with E-state index in [0.717, 1.165) is 30.5 Å². The molecule has 0 bridgehead atoms. The largest absolute Gasteiger partial charge is 0.487 e. The Bertz CT molecular complexity index is 1150. The maximum absolute atomic E-state index is 12.8. The number of hydrogen-bond acceptors (Lipinski definition) is 5. The Hall–Kier alpha value is -3.10. The molecular formula is C27H29F3N2O3. The number of aromatic nitrogens is 1. The van der Waals surface area contributed by atoms with Gasteiger partial charge < -0.3 is 14.4 Å². The highest BCUT2D eigenvalue weighted by Crippen LogP contribution is 2.36. The summed E-state index contributed by atoms with van der Waals surface area (Å²) in [7, 11) is 0. The highest BCUT2D eigenvalue weighted by Gasteiger charge is 2.30. The number of alkyl halides is 3. The molecule has 1 heterocycles. The van der Waals surface area contributed by atoms with Crippen molar-refractivity contribution >= 4 is 5.57 Å². The highest BCUT2D eigenvalue weighted by atomic mass is 19.4. The average molecular weight is 487 g/mol. The zero-order chi connectivity index (χ0) is 24.8. The van der Waals surface area contributed by atoms with Gasteiger partial charge in [-0.1, -0.05) is 37.5 Å². The summed E-state index contributed by atoms with van der Waals surface area (Å²) in [5, 5.41) is 9.10. The molecule has 5 nitrogen and oxygen atoms in total. The van der Waals surface area contributed by atoms with Gasteiger partial charge in [-0.05, 0) is 73.2 Å². The van der Waals surface area contributed by atoms with Crippen LogP contribution in [-0.4, -0.2) is 16.7 Å². The SMILES string of the molecule is Cc1oc(-c2ccc(C(F)(F)F)cc2)nc1COc1cccc(/C(=C/CNO)C2CCCCC2)c1. The second-order valence-corrected chi connectivity index (χ2v) is 8.77. The van der Waals surface area contributed by atoms with E-state index in [4.69, 9.17) is 14.4 Å². The third kappa shape index (κ3) is 6.32. The van der Waals surface area contributed by atoms with Crippen LogP contribution in [0.5, 0.6) is 5.75 Å². The normalized spacial score (nSPS) is 15.4. The van der Waals surface area contributed by atoms with Gasteiger partial charge in [-0.3, -0.25) is 0 Å². The number of ether oxygens (including phenoxy) is 1. The maximum Gasteiger partial charge on any atom is 0.416 e. The number of rotatable bonds is 8. The van der Waals surface area contributed by atoms with Crippen molar-refractivity contribution in [2.75, 3.05) is 6.54 Å². The van der Waals surface area contributed by atoms with Crippen LogP contribution in [0.25, 0.3) is 17.0 Å². The van der Waals surface area contributed by atoms with Crippen LogP contribution in [0.4, 0.5) is 13.2 Å². The van der Waals surface area contributed by atoms with Crippen molar-refractivity contribution in [3.05, 3.63) is 77.2 Å². The third-order valence-corrected chi connectivity index (χ3v) is 6.35. The van der Waals surface area contributed by atoms with Crippen molar-refractivity contribution < 1.29 is 27.5 Å². The Labute approximate surface area is 202 Å². The van der Waals surface area contributed by atoms with Crippen LogP contribution < -0.4 is 10.2 Å². The Balaban J connectivity index is 1.47. The zero-order valence-electron chi connectivity index (χ0n) is 19.6. The number of nitrogens with zero attached hydrogens (tertiary/aromatic N) is 1. The van der Waals surface area contributed by atoms with E-state index in [1.807, 2.05) is 24.3 Å². The minimum Gasteiger partial charge on any atom is -0.487 e. The number of aryl methyl sites for hydroxylation is 1. The van der Waals surface area contributed by atoms with Gasteiger partial charge in [0.1, 0.15) is 23.8 Å². The molecule has 2 N–H and O–H groups in total. The number of hydroxylamine groups is 1. The van der Waals surface area contributed by atoms with Crippen LogP contribution in [0.15, 0.2) is 59.0 Å². The number of benzene rings is 2. The molecule has 1 aliphatic rings. The van der Waals surface area contributed by atoms with Crippen LogP contribution >= 0.6 is 0 Å². The Kier molecular flexibility index (Phi) is 7.93. The molecular weight excluding hydrogens is 457 g/mol. The van der Waals surface area contributed by atoms with Crippen LogP contribution in [0, 0.1) is 12.8 Å². The number of oxazole rings is 1. The molecule has 0 radical (unpaired) electrons. The van der Waals surface area contributed by atoms with Gasteiger partial charge in [0.05, 0.1) is 5.56 Å². The fourth-order valence-electron chi connectivity index (χ4n) is 4.49. The molecule has 3 aromatic rings. The first-order valence-corrected chi connectivity index (χ1v) is 11.8. The topological polar surface area (TPSA) is 67.5 Å². The molecule has 1 aliphatic carbocycles. The monoisotopic (exact) mass is 486 g/mol. The van der Waals surface area contributed by atoms with E-state index in [2.05, 4.69) is 16.5 Å². The van der Waals surface area contributed by atoms with Gasteiger partial charge in [0.25, 0.3) is 0 Å². The molecule has 4 rings (SSSR count). The molecule has 1 aromatic heterocycles. The molecule has 0 unspecified atom stereocenters. The maximum atomic E-state index is 12.8. The summed E-state index contributed by atoms with van der Waals surface area (Å²) in [6.07, 6.45) is 3.58. The van der Waals surface area contributed by atoms with Gasteiger partial charge in [0.2, 0.25) is 5.89 Å². The highest BCUT2D eigenvalue weighted by molar-refractivity contribution is 5.68. The molecule has 2 aromatic carbocycles. The average Bonchev–Trinajstić information content (AvgIpc) is 3.24. The molecule has 0 aliphatic heterocycles. The van der Waals surface area contributed by atoms with Crippen molar-refractivity contribution in [2.24, 2.45) is 5.92 Å². The van der Waals surface area contributed by atoms with Crippen LogP contribution in [0.2, 0.25) is 0 Å². The minimum atomic E-state index is -4.39. The van der Waals surface area contributed by atoms with Gasteiger partial charge in [-0.2, -0.15) is 13.2 Å². The first-order chi connectivity index (χ1) is 16.8. The molecule has 1 saturated carbocycles. The van der Waals surface area contributed by atoms with Crippen LogP contribution in [0.1, 0.15) is 54.7 Å². The van der Waals surface area contributed by atoms with Gasteiger partial charge in [-0.15, -0.1) is 0 Å². The van der Waals surface area contributed by atoms with E-state index in [1.54, 1.807) is 6.92 Å². The van der Waals surface area contributed by atoms with Crippen LogP contribution in [0.3, 0.4) is 0 Å². The van der Waals surface area contributed by atoms with Crippen molar-refractivity contribution in [2.45, 2.75) is 51.8 Å². The quantitative estimate of drug-likeness (QED) is 0.330. The zero-order valence-corrected chi connectivity index (χ0v) is 19.6. The number of nitrogens with one attached hydrogen (secondary N) is 1. The molecule has 0 atom stereocenters. The second kappa shape index (κ2) is 11.1. The summed E-state index contributed by atoms with van der Waals surface area (Å²) in [6.45, 7) is 2.30. The predicted molar refractivity (Wildman–Crippen MR) is 127 cm³/mol. The first-order valence-electron chi connectivity index (χ1n) is 11.8. The van der Waals surface area contributed by atoms with Gasteiger partial charge >= 0.3 is 6.18 Å². The van der Waals surface area contributed by atoms with Crippen molar-refractivity contribution in [1.29, 1.82) is 0 Å². The van der Waals surface area contributed by atoms with E-state index >= 15 is 0 Å². The summed E-state index contributed by atoms with van der Waals surface area (Å²) >= 11 is 0. The van der Waals surface area contributed by atoms with E-state index in [0.29, 0.717) is 35.2 Å². The van der Waals surface area contributed by atoms with E-state index in [1.165, 1.54) is 37.0 Å². The fourth-order valence-corrected chi connectivity index (χ4v) is 4.49. The van der Waals surface area contributed by atoms with Crippen molar-refractivity contribution in [1.82, 2.24) is 10.5 Å². The Morgan fingerprint density at radius 3 is 2.57 bits per heavy atom. The number of allylic oxidation sites excluding steroid dienone is 1. The smallest absolute Gasteiger partial charge is 0.416 e. The number of halogens is 3. The first kappa shape index (κ1) is 25.0. The van der Waals surface area contributed by atoms with Gasteiger partial charge in [-0.25, -0.2) is 10.5 Å². The summed E-state index contributed by atoms with van der Waals surface area (Å²) in [4.78, 5) is 4.44. The lowest BCUT2D eigenvalue weighted by Gasteiger charge is -2.25. The standard InChI is InChI=1S/C27H29F3N2O3/c1-18-25(32-26(35-18)20-10-12-22(13-11-20)27(28,29)30)17-34-23-9-5-8-21(16-23)24(14-15-31-33)19-6-3-2-4-7-19/h5,8-14,16,19,31,33H,2-4,6-7,15,17H2,1H3/b24-14+. The van der Waals surface area contributed by atoms with Gasteiger partial charge in [0.15, 0.2) is 0 Å². The van der Waals surface area contributed by atoms with E-state index < -0.39 is 11.7 Å². The summed E-state index contributed by atoms with van der Waals surface area (Å²) in [6, 6.07) is 12.6. The molecule has 0 spiro atoms. The van der Waals surface area contributed by atoms with Crippen molar-refractivity contribution in [3.8, 4) is 17.2 Å². The second-order valence-electron chi connectivity index (χ2n) is 8.77. The van der Waals surface area contributed by atoms with Crippen molar-refractivity contribution in [3.63, 3.8) is 0 Å². The molecule has 0 amide bonds. The molecule has 186 valence electrons. The summed E-state index contributed by atoms with van der Waals surface area (Å²) < 4.78 is 50.2. The Morgan fingerprint density at radius 1 is 1.14 bits per heavy atom. The van der Waals surface area contributed by atoms with Crippen LogP contribution in [-0.2, 0) is 12.8 Å². The Morgan fingerprint density at radius 2 is 1.89 bits per heavy atom. The lowest BCUT2D eigenvalue weighted by atomic mass is 9.81. The van der Waals surface area contributed by atoms with Gasteiger partial charge in [0, 0.05) is 12.1 Å². The summed E-state index contributed by atoms with van der Waals surface area (Å²) in [5.74, 6) is 1.94. The fraction of sp³-hybridized carbons (Fsp3) is 0.370. The third-order valence-electron chi connectivity index (χ3n) is 6.35. The molecule has 35 heavy (non-hydrogen) atoms. The number of hydrogen-bond donors (Lipinski definition) is 2. The van der Waals surface area contributed by atoms with E-state index in [9.17, 15) is 13.2 Å². The molecule has 0 saturated heterocycles. The molecule has 8 heteroatoms. The van der Waals surface area contributed by atoms with E-state index in [-0.39, 0.29) is 12.5 Å². The summed E-state index contributed by atoms with van der Waals surface area (Å²) in [5.41, 5.74) is 4.82. The lowest BCUT2D eigenvalue weighted by Crippen LogP contribution is -2.12. The molecule has 1 fully saturated rings. The predicted octanol–water partition coefficient (Wildman–Crippen LogP) is 7.19. The minimum absolute atomic E-state index is 0.167. The lowest BCUT2D eigenvalue weighted by molar-refractivity contribution is -0.137.